The number of carbonyl (C=O) groups excluding carboxylic acids is 1. The van der Waals surface area contributed by atoms with E-state index in [0.717, 1.165) is 43.7 Å². The van der Waals surface area contributed by atoms with Crippen molar-refractivity contribution in [3.8, 4) is 0 Å². The van der Waals surface area contributed by atoms with Crippen LogP contribution in [0.15, 0.2) is 59.0 Å². The first-order valence-corrected chi connectivity index (χ1v) is 8.75. The minimum absolute atomic E-state index is 0.00765. The summed E-state index contributed by atoms with van der Waals surface area (Å²) in [6.07, 6.45) is 0. The number of hydrogen-bond acceptors (Lipinski definition) is 3. The Morgan fingerprint density at radius 1 is 1.00 bits per heavy atom. The van der Waals surface area contributed by atoms with E-state index in [2.05, 4.69) is 36.1 Å². The maximum atomic E-state index is 12.7. The molecule has 1 aliphatic rings. The quantitative estimate of drug-likeness (QED) is 0.733. The van der Waals surface area contributed by atoms with E-state index in [0.29, 0.717) is 5.76 Å². The van der Waals surface area contributed by atoms with Gasteiger partial charge in [-0.25, -0.2) is 0 Å². The zero-order valence-electron chi connectivity index (χ0n) is 14.4. The molecule has 0 bridgehead atoms. The second-order valence-electron chi connectivity index (χ2n) is 6.64. The van der Waals surface area contributed by atoms with Gasteiger partial charge < -0.3 is 9.32 Å². The van der Waals surface area contributed by atoms with E-state index in [-0.39, 0.29) is 5.91 Å². The first kappa shape index (κ1) is 15.9. The molecule has 3 aromatic rings. The highest BCUT2D eigenvalue weighted by Gasteiger charge is 2.24. The van der Waals surface area contributed by atoms with Crippen molar-refractivity contribution in [2.45, 2.75) is 13.5 Å². The summed E-state index contributed by atoms with van der Waals surface area (Å²) >= 11 is 0. The first-order chi connectivity index (χ1) is 12.2. The molecule has 4 rings (SSSR count). The summed E-state index contributed by atoms with van der Waals surface area (Å²) in [6.45, 7) is 6.35. The maximum absolute atomic E-state index is 12.7. The molecule has 4 heteroatoms. The molecule has 0 unspecified atom stereocenters. The molecule has 1 aromatic heterocycles. The summed E-state index contributed by atoms with van der Waals surface area (Å²) in [6, 6.07) is 18.1. The molecule has 25 heavy (non-hydrogen) atoms. The zero-order chi connectivity index (χ0) is 17.2. The number of aryl methyl sites for hydroxylation is 1. The third-order valence-corrected chi connectivity index (χ3v) is 4.95. The van der Waals surface area contributed by atoms with Gasteiger partial charge in [0.25, 0.3) is 5.91 Å². The highest BCUT2D eigenvalue weighted by Crippen LogP contribution is 2.21. The lowest BCUT2D eigenvalue weighted by atomic mass is 10.1. The van der Waals surface area contributed by atoms with Crippen LogP contribution in [-0.4, -0.2) is 41.9 Å². The monoisotopic (exact) mass is 334 g/mol. The summed E-state index contributed by atoms with van der Waals surface area (Å²) in [5.41, 5.74) is 3.45. The van der Waals surface area contributed by atoms with Crippen molar-refractivity contribution in [2.24, 2.45) is 0 Å². The Hall–Kier alpha value is -2.59. The molecule has 0 N–H and O–H groups in total. The Bertz CT molecular complexity index is 859. The van der Waals surface area contributed by atoms with E-state index in [1.54, 1.807) is 0 Å². The summed E-state index contributed by atoms with van der Waals surface area (Å²) in [5, 5.41) is 0.976. The van der Waals surface area contributed by atoms with Crippen LogP contribution in [0.4, 0.5) is 0 Å². The number of furan rings is 1. The summed E-state index contributed by atoms with van der Waals surface area (Å²) < 4.78 is 5.72. The van der Waals surface area contributed by atoms with Gasteiger partial charge in [0.1, 0.15) is 5.58 Å². The first-order valence-electron chi connectivity index (χ1n) is 8.75. The number of carbonyl (C=O) groups is 1. The van der Waals surface area contributed by atoms with Crippen LogP contribution < -0.4 is 0 Å². The average molecular weight is 334 g/mol. The molecule has 0 spiro atoms. The van der Waals surface area contributed by atoms with Gasteiger partial charge in [0.2, 0.25) is 0 Å². The minimum atomic E-state index is -0.00765. The van der Waals surface area contributed by atoms with Crippen LogP contribution in [0, 0.1) is 6.92 Å². The molecule has 128 valence electrons. The van der Waals surface area contributed by atoms with E-state index >= 15 is 0 Å². The Balaban J connectivity index is 1.39. The van der Waals surface area contributed by atoms with Gasteiger partial charge in [-0.3, -0.25) is 9.69 Å². The lowest BCUT2D eigenvalue weighted by molar-refractivity contribution is 0.0600. The van der Waals surface area contributed by atoms with Gasteiger partial charge in [-0.05, 0) is 30.2 Å². The number of piperazine rings is 1. The van der Waals surface area contributed by atoms with Gasteiger partial charge in [0.05, 0.1) is 0 Å². The van der Waals surface area contributed by atoms with E-state index in [4.69, 9.17) is 4.42 Å². The Kier molecular flexibility index (Phi) is 4.28. The van der Waals surface area contributed by atoms with E-state index in [1.807, 2.05) is 35.2 Å². The van der Waals surface area contributed by atoms with Crippen LogP contribution in [0.1, 0.15) is 21.7 Å². The van der Waals surface area contributed by atoms with Crippen molar-refractivity contribution in [1.29, 1.82) is 0 Å². The summed E-state index contributed by atoms with van der Waals surface area (Å²) in [4.78, 5) is 17.0. The predicted octanol–water partition coefficient (Wildman–Crippen LogP) is 3.70. The number of rotatable bonds is 3. The normalized spacial score (nSPS) is 15.6. The van der Waals surface area contributed by atoms with Crippen LogP contribution in [0.25, 0.3) is 11.0 Å². The van der Waals surface area contributed by atoms with Crippen molar-refractivity contribution in [3.63, 3.8) is 0 Å². The summed E-state index contributed by atoms with van der Waals surface area (Å²) in [7, 11) is 0. The molecule has 1 amide bonds. The predicted molar refractivity (Wildman–Crippen MR) is 98.6 cm³/mol. The molecule has 1 aliphatic heterocycles. The van der Waals surface area contributed by atoms with Gasteiger partial charge >= 0.3 is 0 Å². The van der Waals surface area contributed by atoms with Crippen molar-refractivity contribution < 1.29 is 9.21 Å². The standard InChI is InChI=1S/C21H22N2O2/c1-16-6-2-3-8-18(16)15-22-10-12-23(13-11-22)21(24)20-14-17-7-4-5-9-19(17)25-20/h2-9,14H,10-13,15H2,1H3. The number of para-hydroxylation sites is 1. The molecule has 0 saturated carbocycles. The zero-order valence-corrected chi connectivity index (χ0v) is 14.4. The fraction of sp³-hybridized carbons (Fsp3) is 0.286. The third kappa shape index (κ3) is 3.30. The fourth-order valence-electron chi connectivity index (χ4n) is 3.38. The third-order valence-electron chi connectivity index (χ3n) is 4.95. The molecule has 2 aromatic carbocycles. The number of hydrogen-bond donors (Lipinski definition) is 0. The van der Waals surface area contributed by atoms with Crippen molar-refractivity contribution >= 4 is 16.9 Å². The van der Waals surface area contributed by atoms with Crippen molar-refractivity contribution in [2.75, 3.05) is 26.2 Å². The molecule has 1 fully saturated rings. The van der Waals surface area contributed by atoms with Gasteiger partial charge in [0.15, 0.2) is 5.76 Å². The van der Waals surface area contributed by atoms with Crippen LogP contribution in [0.5, 0.6) is 0 Å². The topological polar surface area (TPSA) is 36.7 Å². The SMILES string of the molecule is Cc1ccccc1CN1CCN(C(=O)c2cc3ccccc3o2)CC1. The molecular weight excluding hydrogens is 312 g/mol. The number of amides is 1. The second-order valence-corrected chi connectivity index (χ2v) is 6.64. The highest BCUT2D eigenvalue weighted by molar-refractivity contribution is 5.96. The van der Waals surface area contributed by atoms with E-state index < -0.39 is 0 Å². The largest absolute Gasteiger partial charge is 0.451 e. The fourth-order valence-corrected chi connectivity index (χ4v) is 3.38. The molecular formula is C21H22N2O2. The lowest BCUT2D eigenvalue weighted by Gasteiger charge is -2.34. The number of nitrogens with zero attached hydrogens (tertiary/aromatic N) is 2. The van der Waals surface area contributed by atoms with Crippen LogP contribution in [0.3, 0.4) is 0 Å². The molecule has 0 atom stereocenters. The van der Waals surface area contributed by atoms with Gasteiger partial charge in [-0.1, -0.05) is 42.5 Å². The average Bonchev–Trinajstić information content (AvgIpc) is 3.08. The number of fused-ring (bicyclic) bond motifs is 1. The molecule has 0 aliphatic carbocycles. The van der Waals surface area contributed by atoms with Crippen LogP contribution >= 0.6 is 0 Å². The van der Waals surface area contributed by atoms with Crippen LogP contribution in [0.2, 0.25) is 0 Å². The molecule has 2 heterocycles. The van der Waals surface area contributed by atoms with Gasteiger partial charge in [-0.15, -0.1) is 0 Å². The Morgan fingerprint density at radius 3 is 2.48 bits per heavy atom. The van der Waals surface area contributed by atoms with Crippen molar-refractivity contribution in [1.82, 2.24) is 9.80 Å². The number of benzene rings is 2. The molecule has 0 radical (unpaired) electrons. The molecule has 1 saturated heterocycles. The van der Waals surface area contributed by atoms with Gasteiger partial charge in [-0.2, -0.15) is 0 Å². The smallest absolute Gasteiger partial charge is 0.289 e. The lowest BCUT2D eigenvalue weighted by Crippen LogP contribution is -2.48. The van der Waals surface area contributed by atoms with Crippen molar-refractivity contribution in [3.05, 3.63) is 71.5 Å². The van der Waals surface area contributed by atoms with E-state index in [9.17, 15) is 4.79 Å². The minimum Gasteiger partial charge on any atom is -0.451 e. The second kappa shape index (κ2) is 6.73. The Morgan fingerprint density at radius 2 is 1.72 bits per heavy atom. The Labute approximate surface area is 147 Å². The maximum Gasteiger partial charge on any atom is 0.289 e. The molecule has 4 nitrogen and oxygen atoms in total. The van der Waals surface area contributed by atoms with E-state index in [1.165, 1.54) is 11.1 Å². The van der Waals surface area contributed by atoms with Gasteiger partial charge in [0, 0.05) is 38.1 Å². The highest BCUT2D eigenvalue weighted by atomic mass is 16.3. The summed E-state index contributed by atoms with van der Waals surface area (Å²) in [5.74, 6) is 0.431. The van der Waals surface area contributed by atoms with Crippen LogP contribution in [-0.2, 0) is 6.54 Å².